The fourth-order valence-electron chi connectivity index (χ4n) is 8.72. The Labute approximate surface area is 258 Å². The molecule has 2 unspecified atom stereocenters. The third-order valence-corrected chi connectivity index (χ3v) is 11.6. The molecular formula is C33H34FN7O2S. The summed E-state index contributed by atoms with van der Waals surface area (Å²) in [4.78, 5) is 15.0. The number of hydrogen-bond acceptors (Lipinski definition) is 10. The van der Waals surface area contributed by atoms with E-state index in [1.807, 2.05) is 12.1 Å². The van der Waals surface area contributed by atoms with Gasteiger partial charge in [-0.05, 0) is 66.6 Å². The normalized spacial score (nSPS) is 27.7. The number of benzene rings is 2. The van der Waals surface area contributed by atoms with E-state index in [1.54, 1.807) is 0 Å². The van der Waals surface area contributed by atoms with Gasteiger partial charge in [0.25, 0.3) is 0 Å². The molecule has 4 saturated heterocycles. The molecule has 4 atom stereocenters. The Morgan fingerprint density at radius 1 is 1.16 bits per heavy atom. The predicted octanol–water partition coefficient (Wildman–Crippen LogP) is 4.89. The first kappa shape index (κ1) is 26.8. The van der Waals surface area contributed by atoms with Gasteiger partial charge in [-0.1, -0.05) is 12.1 Å². The quantitative estimate of drug-likeness (QED) is 0.326. The Morgan fingerprint density at radius 3 is 2.84 bits per heavy atom. The van der Waals surface area contributed by atoms with E-state index in [0.29, 0.717) is 61.4 Å². The van der Waals surface area contributed by atoms with Crippen molar-refractivity contribution in [1.29, 1.82) is 5.26 Å². The van der Waals surface area contributed by atoms with Crippen LogP contribution in [0.2, 0.25) is 0 Å². The highest BCUT2D eigenvalue weighted by Crippen LogP contribution is 2.47. The van der Waals surface area contributed by atoms with Crippen molar-refractivity contribution in [3.05, 3.63) is 41.0 Å². The first-order valence-corrected chi connectivity index (χ1v) is 16.5. The van der Waals surface area contributed by atoms with Crippen LogP contribution in [0.1, 0.15) is 48.8 Å². The van der Waals surface area contributed by atoms with Crippen LogP contribution in [0.15, 0.2) is 24.3 Å². The van der Waals surface area contributed by atoms with E-state index in [1.165, 1.54) is 11.3 Å². The SMILES string of the molecule is N#Cc1c(N)sc2cccc(-c3cc4nc(OC[C@@]56CCCN5C[C@H](F)C6)nc(N5C6CCC5CNC6)c4c4c3COC4)c12. The molecule has 5 aliphatic rings. The van der Waals surface area contributed by atoms with Crippen molar-refractivity contribution in [3.63, 3.8) is 0 Å². The molecule has 11 heteroatoms. The number of halogens is 1. The number of nitrogens with two attached hydrogens (primary N) is 1. The molecule has 0 spiro atoms. The number of nitrogen functional groups attached to an aromatic ring is 1. The summed E-state index contributed by atoms with van der Waals surface area (Å²) in [6, 6.07) is 11.6. The van der Waals surface area contributed by atoms with E-state index in [0.717, 1.165) is 94.4 Å². The van der Waals surface area contributed by atoms with Crippen molar-refractivity contribution in [2.45, 2.75) is 69.1 Å². The zero-order valence-electron chi connectivity index (χ0n) is 24.4. The molecule has 4 fully saturated rings. The molecule has 3 N–H and O–H groups in total. The monoisotopic (exact) mass is 611 g/mol. The standard InChI is InChI=1S/C33H34FN7O2S/c34-18-10-33(7-2-8-40(33)14-18)17-43-32-38-26-9-22(21-3-1-4-27-28(21)23(11-35)30(36)44-27)24-15-42-16-25(24)29(26)31(39-32)41-19-5-6-20(41)13-37-12-19/h1,3-4,9,18-20,37H,2,5-8,10,12-17,36H2/t18-,19?,20?,33+/m1/s1. The first-order valence-electron chi connectivity index (χ1n) is 15.7. The molecule has 226 valence electrons. The second-order valence-corrected chi connectivity index (χ2v) is 14.1. The summed E-state index contributed by atoms with van der Waals surface area (Å²) in [6.07, 6.45) is 3.90. The second-order valence-electron chi connectivity index (χ2n) is 13.0. The summed E-state index contributed by atoms with van der Waals surface area (Å²) in [5.74, 6) is 0.915. The maximum absolute atomic E-state index is 14.5. The second kappa shape index (κ2) is 9.97. The van der Waals surface area contributed by atoms with Crippen LogP contribution in [0.3, 0.4) is 0 Å². The number of rotatable bonds is 5. The molecule has 9 rings (SSSR count). The minimum Gasteiger partial charge on any atom is -0.461 e. The van der Waals surface area contributed by atoms with Crippen molar-refractivity contribution in [3.8, 4) is 23.2 Å². The van der Waals surface area contributed by atoms with Gasteiger partial charge in [-0.2, -0.15) is 15.2 Å². The molecule has 44 heavy (non-hydrogen) atoms. The fraction of sp³-hybridized carbons (Fsp3) is 0.485. The largest absolute Gasteiger partial charge is 0.461 e. The Hall–Kier alpha value is -3.56. The smallest absolute Gasteiger partial charge is 0.319 e. The van der Waals surface area contributed by atoms with Gasteiger partial charge in [-0.3, -0.25) is 4.90 Å². The maximum atomic E-state index is 14.5. The zero-order valence-corrected chi connectivity index (χ0v) is 25.3. The number of anilines is 2. The summed E-state index contributed by atoms with van der Waals surface area (Å²) in [5.41, 5.74) is 11.5. The average Bonchev–Trinajstić information content (AvgIpc) is 3.82. The van der Waals surface area contributed by atoms with E-state index in [-0.39, 0.29) is 5.54 Å². The molecule has 2 aromatic carbocycles. The molecule has 2 aromatic heterocycles. The van der Waals surface area contributed by atoms with Gasteiger partial charge in [0, 0.05) is 53.6 Å². The number of hydrogen-bond donors (Lipinski definition) is 2. The zero-order chi connectivity index (χ0) is 29.6. The molecule has 0 amide bonds. The number of aromatic nitrogens is 2. The van der Waals surface area contributed by atoms with E-state index >= 15 is 0 Å². The van der Waals surface area contributed by atoms with Crippen LogP contribution in [0, 0.1) is 11.3 Å². The number of piperazine rings is 1. The number of thiophene rings is 1. The molecule has 7 heterocycles. The molecule has 4 aromatic rings. The molecule has 0 radical (unpaired) electrons. The highest BCUT2D eigenvalue weighted by atomic mass is 32.1. The lowest BCUT2D eigenvalue weighted by atomic mass is 9.91. The summed E-state index contributed by atoms with van der Waals surface area (Å²) in [7, 11) is 0. The highest BCUT2D eigenvalue weighted by molar-refractivity contribution is 7.23. The lowest BCUT2D eigenvalue weighted by Gasteiger charge is -2.37. The van der Waals surface area contributed by atoms with Crippen LogP contribution in [-0.2, 0) is 18.0 Å². The van der Waals surface area contributed by atoms with Crippen LogP contribution in [0.4, 0.5) is 15.2 Å². The first-order chi connectivity index (χ1) is 21.5. The molecule has 2 bridgehead atoms. The molecule has 5 aliphatic heterocycles. The van der Waals surface area contributed by atoms with Gasteiger partial charge in [-0.25, -0.2) is 4.39 Å². The highest BCUT2D eigenvalue weighted by Gasteiger charge is 2.49. The van der Waals surface area contributed by atoms with Crippen LogP contribution < -0.4 is 20.7 Å². The average molecular weight is 612 g/mol. The number of nitriles is 1. The van der Waals surface area contributed by atoms with Crippen molar-refractivity contribution in [2.75, 3.05) is 43.4 Å². The molecule has 9 nitrogen and oxygen atoms in total. The van der Waals surface area contributed by atoms with Gasteiger partial charge in [0.05, 0.1) is 29.8 Å². The predicted molar refractivity (Wildman–Crippen MR) is 169 cm³/mol. The number of alkyl halides is 1. The molecule has 0 saturated carbocycles. The van der Waals surface area contributed by atoms with E-state index in [4.69, 9.17) is 25.2 Å². The van der Waals surface area contributed by atoms with Crippen LogP contribution in [-0.4, -0.2) is 71.4 Å². The van der Waals surface area contributed by atoms with Crippen molar-refractivity contribution in [2.24, 2.45) is 0 Å². The van der Waals surface area contributed by atoms with Crippen molar-refractivity contribution >= 4 is 43.1 Å². The molecule has 0 aliphatic carbocycles. The summed E-state index contributed by atoms with van der Waals surface area (Å²) in [6.45, 7) is 4.57. The maximum Gasteiger partial charge on any atom is 0.319 e. The number of fused-ring (bicyclic) bond motifs is 7. The Balaban J connectivity index is 1.23. The van der Waals surface area contributed by atoms with Gasteiger partial charge in [0.1, 0.15) is 29.7 Å². The summed E-state index contributed by atoms with van der Waals surface area (Å²) < 4.78 is 28.1. The van der Waals surface area contributed by atoms with Gasteiger partial charge in [0.15, 0.2) is 0 Å². The van der Waals surface area contributed by atoms with E-state index in [9.17, 15) is 9.65 Å². The van der Waals surface area contributed by atoms with Crippen LogP contribution >= 0.6 is 11.3 Å². The van der Waals surface area contributed by atoms with Crippen LogP contribution in [0.25, 0.3) is 32.1 Å². The Kier molecular flexibility index (Phi) is 6.08. The fourth-order valence-corrected chi connectivity index (χ4v) is 9.67. The summed E-state index contributed by atoms with van der Waals surface area (Å²) >= 11 is 1.44. The Morgan fingerprint density at radius 2 is 2.00 bits per heavy atom. The van der Waals surface area contributed by atoms with Crippen molar-refractivity contribution in [1.82, 2.24) is 20.2 Å². The minimum atomic E-state index is -0.819. The van der Waals surface area contributed by atoms with Gasteiger partial charge < -0.3 is 25.4 Å². The van der Waals surface area contributed by atoms with E-state index < -0.39 is 6.17 Å². The van der Waals surface area contributed by atoms with Crippen molar-refractivity contribution < 1.29 is 13.9 Å². The van der Waals surface area contributed by atoms with Gasteiger partial charge in [0.2, 0.25) is 0 Å². The van der Waals surface area contributed by atoms with Crippen LogP contribution in [0.5, 0.6) is 6.01 Å². The number of ether oxygens (including phenoxy) is 2. The third-order valence-electron chi connectivity index (χ3n) is 10.7. The van der Waals surface area contributed by atoms with Gasteiger partial charge in [-0.15, -0.1) is 11.3 Å². The Bertz CT molecular complexity index is 1860. The minimum absolute atomic E-state index is 0.287. The lowest BCUT2D eigenvalue weighted by molar-refractivity contribution is 0.107. The lowest BCUT2D eigenvalue weighted by Crippen LogP contribution is -2.52. The van der Waals surface area contributed by atoms with Gasteiger partial charge >= 0.3 is 6.01 Å². The molecular weight excluding hydrogens is 577 g/mol. The topological polar surface area (TPSA) is 113 Å². The summed E-state index contributed by atoms with van der Waals surface area (Å²) in [5, 5.41) is 16.0. The van der Waals surface area contributed by atoms with E-state index in [2.05, 4.69) is 33.3 Å². The number of nitrogens with one attached hydrogen (secondary N) is 1. The number of nitrogens with zero attached hydrogens (tertiary/aromatic N) is 5. The third kappa shape index (κ3) is 3.91.